The molecule has 1 N–H and O–H groups in total. The summed E-state index contributed by atoms with van der Waals surface area (Å²) >= 11 is 17.5. The summed E-state index contributed by atoms with van der Waals surface area (Å²) in [5, 5.41) is 4.33. The van der Waals surface area contributed by atoms with Gasteiger partial charge >= 0.3 is 0 Å². The Morgan fingerprint density at radius 1 is 1.14 bits per heavy atom. The molecule has 0 radical (unpaired) electrons. The van der Waals surface area contributed by atoms with Crippen LogP contribution in [0.25, 0.3) is 0 Å². The highest BCUT2D eigenvalue weighted by Crippen LogP contribution is 2.28. The first-order valence-corrected chi connectivity index (χ1v) is 5.06. The lowest BCUT2D eigenvalue weighted by atomic mass is 10.2. The molecule has 0 bridgehead atoms. The van der Waals surface area contributed by atoms with Gasteiger partial charge in [-0.15, -0.1) is 0 Å². The second kappa shape index (κ2) is 5.48. The maximum atomic E-state index is 5.91. The molecule has 0 saturated heterocycles. The van der Waals surface area contributed by atoms with Crippen LogP contribution < -0.4 is 5.32 Å². The average Bonchev–Trinajstić information content (AvgIpc) is 2.14. The molecule has 0 fully saturated rings. The minimum atomic E-state index is 0.441. The van der Waals surface area contributed by atoms with Gasteiger partial charge in [0.05, 0.1) is 21.6 Å². The fraction of sp³-hybridized carbons (Fsp3) is 0.200. The molecular weight excluding hydrogens is 240 g/mol. The Kier molecular flexibility index (Phi) is 4.57. The minimum absolute atomic E-state index is 0.441. The summed E-state index contributed by atoms with van der Waals surface area (Å²) in [5.41, 5.74) is 0.691. The summed E-state index contributed by atoms with van der Waals surface area (Å²) < 4.78 is 0. The van der Waals surface area contributed by atoms with Crippen molar-refractivity contribution >= 4 is 34.8 Å². The van der Waals surface area contributed by atoms with Crippen LogP contribution >= 0.6 is 34.8 Å². The van der Waals surface area contributed by atoms with Crippen molar-refractivity contribution in [1.82, 2.24) is 5.32 Å². The summed E-state index contributed by atoms with van der Waals surface area (Å²) in [6.45, 7) is 0.608. The van der Waals surface area contributed by atoms with E-state index in [0.29, 0.717) is 27.2 Å². The van der Waals surface area contributed by atoms with E-state index in [9.17, 15) is 0 Å². The molecule has 0 heterocycles. The predicted molar refractivity (Wildman–Crippen MR) is 62.3 cm³/mol. The molecule has 0 unspecified atom stereocenters. The maximum Gasteiger partial charge on any atom is 0.0608 e. The van der Waals surface area contributed by atoms with E-state index in [2.05, 4.69) is 17.2 Å². The Balaban J connectivity index is 3.00. The van der Waals surface area contributed by atoms with Gasteiger partial charge in [0.25, 0.3) is 0 Å². The lowest BCUT2D eigenvalue weighted by Gasteiger charge is -1.99. The van der Waals surface area contributed by atoms with Crippen molar-refractivity contribution in [3.63, 3.8) is 0 Å². The Labute approximate surface area is 98.4 Å². The largest absolute Gasteiger partial charge is 0.309 e. The van der Waals surface area contributed by atoms with Crippen LogP contribution in [0.2, 0.25) is 15.1 Å². The zero-order chi connectivity index (χ0) is 10.6. The van der Waals surface area contributed by atoms with E-state index in [1.165, 1.54) is 0 Å². The summed E-state index contributed by atoms with van der Waals surface area (Å²) in [4.78, 5) is 0. The van der Waals surface area contributed by atoms with Crippen LogP contribution in [0.5, 0.6) is 0 Å². The van der Waals surface area contributed by atoms with E-state index in [4.69, 9.17) is 34.8 Å². The normalized spacial score (nSPS) is 9.43. The molecule has 0 aliphatic carbocycles. The molecule has 4 heteroatoms. The molecule has 0 aromatic heterocycles. The van der Waals surface area contributed by atoms with Gasteiger partial charge in [0.15, 0.2) is 0 Å². The van der Waals surface area contributed by atoms with E-state index in [1.54, 1.807) is 12.1 Å². The molecule has 0 atom stereocenters. The summed E-state index contributed by atoms with van der Waals surface area (Å²) in [6, 6.07) is 3.25. The van der Waals surface area contributed by atoms with Crippen molar-refractivity contribution in [2.45, 2.75) is 0 Å². The number of hydrogen-bond acceptors (Lipinski definition) is 1. The van der Waals surface area contributed by atoms with Crippen molar-refractivity contribution in [2.75, 3.05) is 13.6 Å². The summed E-state index contributed by atoms with van der Waals surface area (Å²) in [6.07, 6.45) is 0. The third kappa shape index (κ3) is 3.08. The number of halogens is 3. The van der Waals surface area contributed by atoms with Gasteiger partial charge in [0, 0.05) is 5.56 Å². The molecule has 14 heavy (non-hydrogen) atoms. The van der Waals surface area contributed by atoms with Gasteiger partial charge in [-0.3, -0.25) is 0 Å². The molecule has 0 spiro atoms. The number of rotatable bonds is 1. The van der Waals surface area contributed by atoms with Gasteiger partial charge < -0.3 is 5.32 Å². The van der Waals surface area contributed by atoms with Crippen molar-refractivity contribution in [1.29, 1.82) is 0 Å². The first kappa shape index (κ1) is 11.7. The van der Waals surface area contributed by atoms with E-state index in [1.807, 2.05) is 7.05 Å². The maximum absolute atomic E-state index is 5.91. The number of hydrogen-bond donors (Lipinski definition) is 1. The Morgan fingerprint density at radius 2 is 1.79 bits per heavy atom. The van der Waals surface area contributed by atoms with Crippen LogP contribution in [0.3, 0.4) is 0 Å². The molecule has 0 aliphatic rings. The zero-order valence-corrected chi connectivity index (χ0v) is 9.76. The summed E-state index contributed by atoms with van der Waals surface area (Å²) in [5.74, 6) is 5.79. The summed E-state index contributed by atoms with van der Waals surface area (Å²) in [7, 11) is 1.82. The smallest absolute Gasteiger partial charge is 0.0608 e. The minimum Gasteiger partial charge on any atom is -0.309 e. The van der Waals surface area contributed by atoms with Crippen LogP contribution in [0.1, 0.15) is 5.56 Å². The topological polar surface area (TPSA) is 12.0 Å². The molecule has 0 saturated carbocycles. The van der Waals surface area contributed by atoms with Gasteiger partial charge in [-0.05, 0) is 19.2 Å². The fourth-order valence-electron chi connectivity index (χ4n) is 0.846. The highest BCUT2D eigenvalue weighted by atomic mass is 35.5. The molecule has 0 amide bonds. The average molecular weight is 249 g/mol. The SMILES string of the molecule is CNCC#Cc1cc(Cl)c(Cl)cc1Cl. The van der Waals surface area contributed by atoms with Crippen LogP contribution in [0, 0.1) is 11.8 Å². The standard InChI is InChI=1S/C10H8Cl3N/c1-14-4-2-3-7-5-9(12)10(13)6-8(7)11/h5-6,14H,4H2,1H3. The van der Waals surface area contributed by atoms with Gasteiger partial charge in [0.1, 0.15) is 0 Å². The van der Waals surface area contributed by atoms with Crippen LogP contribution in [0.4, 0.5) is 0 Å². The quantitative estimate of drug-likeness (QED) is 0.594. The lowest BCUT2D eigenvalue weighted by Crippen LogP contribution is -2.04. The van der Waals surface area contributed by atoms with Crippen molar-refractivity contribution < 1.29 is 0 Å². The Hall–Kier alpha value is -0.390. The highest BCUT2D eigenvalue weighted by Gasteiger charge is 2.03. The van der Waals surface area contributed by atoms with Crippen LogP contribution in [0.15, 0.2) is 12.1 Å². The monoisotopic (exact) mass is 247 g/mol. The van der Waals surface area contributed by atoms with Crippen LogP contribution in [-0.2, 0) is 0 Å². The Bertz CT molecular complexity index is 390. The second-order valence-electron chi connectivity index (χ2n) is 2.58. The van der Waals surface area contributed by atoms with E-state index in [0.717, 1.165) is 0 Å². The van der Waals surface area contributed by atoms with Crippen molar-refractivity contribution in [3.05, 3.63) is 32.8 Å². The highest BCUT2D eigenvalue weighted by molar-refractivity contribution is 6.43. The Morgan fingerprint density at radius 3 is 2.43 bits per heavy atom. The molecule has 1 rings (SSSR count). The number of nitrogens with one attached hydrogen (secondary N) is 1. The van der Waals surface area contributed by atoms with E-state index < -0.39 is 0 Å². The third-order valence-electron chi connectivity index (χ3n) is 1.50. The fourth-order valence-corrected chi connectivity index (χ4v) is 1.44. The molecular formula is C10H8Cl3N. The first-order chi connectivity index (χ1) is 6.65. The first-order valence-electron chi connectivity index (χ1n) is 3.93. The van der Waals surface area contributed by atoms with Crippen molar-refractivity contribution in [2.24, 2.45) is 0 Å². The van der Waals surface area contributed by atoms with Gasteiger partial charge in [-0.1, -0.05) is 46.6 Å². The lowest BCUT2D eigenvalue weighted by molar-refractivity contribution is 0.938. The van der Waals surface area contributed by atoms with Gasteiger partial charge in [-0.2, -0.15) is 0 Å². The number of benzene rings is 1. The molecule has 1 aromatic carbocycles. The van der Waals surface area contributed by atoms with Crippen molar-refractivity contribution in [3.8, 4) is 11.8 Å². The zero-order valence-electron chi connectivity index (χ0n) is 7.50. The van der Waals surface area contributed by atoms with Crippen LogP contribution in [-0.4, -0.2) is 13.6 Å². The predicted octanol–water partition coefficient (Wildman–Crippen LogP) is 3.22. The molecule has 74 valence electrons. The third-order valence-corrected chi connectivity index (χ3v) is 2.53. The van der Waals surface area contributed by atoms with E-state index in [-0.39, 0.29) is 0 Å². The molecule has 0 aliphatic heterocycles. The second-order valence-corrected chi connectivity index (χ2v) is 3.80. The van der Waals surface area contributed by atoms with Gasteiger partial charge in [0.2, 0.25) is 0 Å². The molecule has 1 nitrogen and oxygen atoms in total. The van der Waals surface area contributed by atoms with E-state index >= 15 is 0 Å². The molecule has 1 aromatic rings. The van der Waals surface area contributed by atoms with Gasteiger partial charge in [-0.25, -0.2) is 0 Å².